The first kappa shape index (κ1) is 18.8. The molecular formula is C21H19ClN4O2. The second-order valence-electron chi connectivity index (χ2n) is 7.85. The Balaban J connectivity index is 1.97. The molecule has 6 nitrogen and oxygen atoms in total. The number of halogens is 1. The molecule has 142 valence electrons. The van der Waals surface area contributed by atoms with Crippen molar-refractivity contribution < 1.29 is 9.47 Å². The standard InChI is InChI=1S/C21H19ClN4O2/c1-2-13-6-7-21-16(8-13)20(12-25,18(26)28-21)19(10-23,11-24)17(27-21)14-4-3-5-15(22)9-14/h3-5,9,13,16-17,26H,2,6-8H2,1H3. The second-order valence-corrected chi connectivity index (χ2v) is 8.29. The van der Waals surface area contributed by atoms with Crippen LogP contribution in [0.5, 0.6) is 0 Å². The third-order valence-electron chi connectivity index (χ3n) is 6.75. The summed E-state index contributed by atoms with van der Waals surface area (Å²) in [5, 5.41) is 39.7. The molecule has 0 aromatic heterocycles. The highest BCUT2D eigenvalue weighted by atomic mass is 35.5. The number of hydrogen-bond acceptors (Lipinski definition) is 6. The first-order valence-corrected chi connectivity index (χ1v) is 9.76. The molecule has 5 unspecified atom stereocenters. The average molecular weight is 395 g/mol. The van der Waals surface area contributed by atoms with Crippen LogP contribution < -0.4 is 0 Å². The minimum Gasteiger partial charge on any atom is -0.447 e. The molecule has 2 saturated heterocycles. The van der Waals surface area contributed by atoms with Gasteiger partial charge in [0, 0.05) is 11.4 Å². The minimum atomic E-state index is -1.91. The Labute approximate surface area is 168 Å². The van der Waals surface area contributed by atoms with Crippen molar-refractivity contribution >= 4 is 17.5 Å². The fourth-order valence-electron chi connectivity index (χ4n) is 5.26. The topological polar surface area (TPSA) is 114 Å². The van der Waals surface area contributed by atoms with E-state index in [0.717, 1.165) is 12.8 Å². The van der Waals surface area contributed by atoms with Crippen LogP contribution in [-0.4, -0.2) is 11.7 Å². The molecule has 7 heteroatoms. The molecular weight excluding hydrogens is 376 g/mol. The van der Waals surface area contributed by atoms with Crippen molar-refractivity contribution in [1.29, 1.82) is 21.2 Å². The predicted octanol–water partition coefficient (Wildman–Crippen LogP) is 4.48. The monoisotopic (exact) mass is 394 g/mol. The van der Waals surface area contributed by atoms with Crippen molar-refractivity contribution in [3.05, 3.63) is 34.9 Å². The van der Waals surface area contributed by atoms with E-state index < -0.39 is 28.6 Å². The number of nitrogens with one attached hydrogen (secondary N) is 1. The van der Waals surface area contributed by atoms with Crippen LogP contribution in [0, 0.1) is 62.1 Å². The third-order valence-corrected chi connectivity index (χ3v) is 6.98. The summed E-state index contributed by atoms with van der Waals surface area (Å²) in [4.78, 5) is 0. The normalized spacial score (nSPS) is 37.7. The van der Waals surface area contributed by atoms with Crippen LogP contribution in [0.25, 0.3) is 0 Å². The Kier molecular flexibility index (Phi) is 4.16. The first-order valence-electron chi connectivity index (χ1n) is 9.38. The summed E-state index contributed by atoms with van der Waals surface area (Å²) in [6.07, 6.45) is 1.82. The second kappa shape index (κ2) is 6.21. The van der Waals surface area contributed by atoms with E-state index in [1.807, 2.05) is 0 Å². The van der Waals surface area contributed by atoms with Crippen molar-refractivity contribution in [3.8, 4) is 18.2 Å². The molecule has 0 radical (unpaired) electrons. The van der Waals surface area contributed by atoms with Gasteiger partial charge in [-0.3, -0.25) is 5.41 Å². The summed E-state index contributed by atoms with van der Waals surface area (Å²) in [6.45, 7) is 2.08. The number of nitrogens with zero attached hydrogens (tertiary/aromatic N) is 3. The molecule has 4 rings (SSSR count). The van der Waals surface area contributed by atoms with Crippen molar-refractivity contribution in [2.24, 2.45) is 22.7 Å². The van der Waals surface area contributed by atoms with E-state index in [-0.39, 0.29) is 5.90 Å². The van der Waals surface area contributed by atoms with Gasteiger partial charge in [0.15, 0.2) is 5.41 Å². The molecule has 28 heavy (non-hydrogen) atoms. The number of ether oxygens (including phenoxy) is 2. The molecule has 1 aromatic rings. The highest BCUT2D eigenvalue weighted by Gasteiger charge is 2.80. The van der Waals surface area contributed by atoms with Gasteiger partial charge >= 0.3 is 0 Å². The zero-order chi connectivity index (χ0) is 20.2. The maximum atomic E-state index is 10.3. The molecule has 1 N–H and O–H groups in total. The molecule has 3 fully saturated rings. The molecule has 5 atom stereocenters. The highest BCUT2D eigenvalue weighted by molar-refractivity contribution is 6.30. The van der Waals surface area contributed by atoms with E-state index in [9.17, 15) is 15.8 Å². The number of hydrogen-bond donors (Lipinski definition) is 1. The molecule has 2 bridgehead atoms. The summed E-state index contributed by atoms with van der Waals surface area (Å²) in [6, 6.07) is 13.1. The Hall–Kier alpha value is -2.59. The Morgan fingerprint density at radius 3 is 2.61 bits per heavy atom. The van der Waals surface area contributed by atoms with Gasteiger partial charge in [-0.25, -0.2) is 0 Å². The van der Waals surface area contributed by atoms with E-state index in [1.165, 1.54) is 0 Å². The highest BCUT2D eigenvalue weighted by Crippen LogP contribution is 2.70. The van der Waals surface area contributed by atoms with E-state index in [4.69, 9.17) is 26.5 Å². The van der Waals surface area contributed by atoms with Gasteiger partial charge in [0.25, 0.3) is 0 Å². The van der Waals surface area contributed by atoms with Crippen LogP contribution in [0.2, 0.25) is 5.02 Å². The lowest BCUT2D eigenvalue weighted by Crippen LogP contribution is -2.61. The Bertz CT molecular complexity index is 960. The van der Waals surface area contributed by atoms with E-state index in [0.29, 0.717) is 29.3 Å². The van der Waals surface area contributed by atoms with Crippen LogP contribution in [0.3, 0.4) is 0 Å². The lowest BCUT2D eigenvalue weighted by atomic mass is 9.50. The zero-order valence-corrected chi connectivity index (χ0v) is 16.2. The fourth-order valence-corrected chi connectivity index (χ4v) is 5.46. The molecule has 1 aromatic carbocycles. The zero-order valence-electron chi connectivity index (χ0n) is 15.4. The quantitative estimate of drug-likeness (QED) is 0.793. The number of benzene rings is 1. The lowest BCUT2D eigenvalue weighted by molar-refractivity contribution is -0.299. The molecule has 1 aliphatic carbocycles. The molecule has 2 heterocycles. The van der Waals surface area contributed by atoms with Crippen LogP contribution in [0.1, 0.15) is 44.3 Å². The summed E-state index contributed by atoms with van der Waals surface area (Å²) in [5.41, 5.74) is -3.07. The molecule has 2 aliphatic heterocycles. The largest absolute Gasteiger partial charge is 0.447 e. The molecule has 0 amide bonds. The van der Waals surface area contributed by atoms with Crippen LogP contribution in [0.4, 0.5) is 0 Å². The first-order chi connectivity index (χ1) is 13.4. The third kappa shape index (κ3) is 2.07. The number of rotatable bonds is 2. The van der Waals surface area contributed by atoms with E-state index in [2.05, 4.69) is 25.1 Å². The van der Waals surface area contributed by atoms with Gasteiger partial charge < -0.3 is 9.47 Å². The molecule has 3 aliphatic rings. The van der Waals surface area contributed by atoms with Gasteiger partial charge in [0.1, 0.15) is 6.10 Å². The summed E-state index contributed by atoms with van der Waals surface area (Å²) < 4.78 is 12.3. The lowest BCUT2D eigenvalue weighted by Gasteiger charge is -2.52. The van der Waals surface area contributed by atoms with Crippen LogP contribution >= 0.6 is 11.6 Å². The summed E-state index contributed by atoms with van der Waals surface area (Å²) in [7, 11) is 0. The SMILES string of the molecule is CCC1CCC23OC(=N)C(C#N)(C2C1)C(C#N)(C#N)C(c1cccc(Cl)c1)O3. The maximum absolute atomic E-state index is 10.3. The molecule has 0 spiro atoms. The number of nitriles is 3. The van der Waals surface area contributed by atoms with Gasteiger partial charge in [-0.15, -0.1) is 0 Å². The van der Waals surface area contributed by atoms with E-state index >= 15 is 0 Å². The minimum absolute atomic E-state index is 0.329. The Morgan fingerprint density at radius 1 is 1.25 bits per heavy atom. The van der Waals surface area contributed by atoms with Gasteiger partial charge in [0.05, 0.1) is 24.1 Å². The average Bonchev–Trinajstić information content (AvgIpc) is 2.91. The van der Waals surface area contributed by atoms with Gasteiger partial charge in [-0.1, -0.05) is 37.1 Å². The maximum Gasteiger partial charge on any atom is 0.217 e. The summed E-state index contributed by atoms with van der Waals surface area (Å²) in [5.74, 6) is -1.69. The van der Waals surface area contributed by atoms with Gasteiger partial charge in [-0.2, -0.15) is 15.8 Å². The van der Waals surface area contributed by atoms with Crippen molar-refractivity contribution in [1.82, 2.24) is 0 Å². The predicted molar refractivity (Wildman–Crippen MR) is 99.6 cm³/mol. The summed E-state index contributed by atoms with van der Waals surface area (Å²) >= 11 is 6.14. The van der Waals surface area contributed by atoms with Crippen molar-refractivity contribution in [3.63, 3.8) is 0 Å². The van der Waals surface area contributed by atoms with Crippen LogP contribution in [0.15, 0.2) is 24.3 Å². The van der Waals surface area contributed by atoms with Crippen molar-refractivity contribution in [2.75, 3.05) is 0 Å². The smallest absolute Gasteiger partial charge is 0.217 e. The van der Waals surface area contributed by atoms with Crippen LogP contribution in [-0.2, 0) is 9.47 Å². The fraction of sp³-hybridized carbons (Fsp3) is 0.524. The van der Waals surface area contributed by atoms with Gasteiger partial charge in [0.2, 0.25) is 17.1 Å². The molecule has 1 saturated carbocycles. The Morgan fingerprint density at radius 2 is 2.00 bits per heavy atom. The van der Waals surface area contributed by atoms with Crippen molar-refractivity contribution in [2.45, 2.75) is 44.5 Å². The van der Waals surface area contributed by atoms with E-state index in [1.54, 1.807) is 24.3 Å². The van der Waals surface area contributed by atoms with Gasteiger partial charge in [-0.05, 0) is 36.5 Å².